The first-order valence-electron chi connectivity index (χ1n) is 9.07. The molecule has 2 nitrogen and oxygen atoms in total. The van der Waals surface area contributed by atoms with Crippen LogP contribution in [0.5, 0.6) is 0 Å². The van der Waals surface area contributed by atoms with Gasteiger partial charge in [0.15, 0.2) is 0 Å². The number of unbranched alkanes of at least 4 members (excludes halogenated alkanes) is 2. The standard InChI is InChI=1S/C19H32N2/c1-2-3-4-6-18-7-5-8-19(15-18)16-21-13-10-17(9-12-20)11-14-21/h5,8,17-19H,2-4,6-7,9-11,13-16H2,1H3. The Morgan fingerprint density at radius 1 is 1.19 bits per heavy atom. The number of piperidine rings is 1. The maximum atomic E-state index is 8.79. The minimum atomic E-state index is 0.662. The number of nitrogens with zero attached hydrogens (tertiary/aromatic N) is 2. The van der Waals surface area contributed by atoms with E-state index in [1.54, 1.807) is 0 Å². The van der Waals surface area contributed by atoms with Crippen LogP contribution in [-0.4, -0.2) is 24.5 Å². The van der Waals surface area contributed by atoms with Gasteiger partial charge in [-0.15, -0.1) is 0 Å². The fraction of sp³-hybridized carbons (Fsp3) is 0.842. The molecule has 0 aromatic rings. The average Bonchev–Trinajstić information content (AvgIpc) is 2.50. The van der Waals surface area contributed by atoms with Crippen molar-refractivity contribution < 1.29 is 0 Å². The summed E-state index contributed by atoms with van der Waals surface area (Å²) in [5, 5.41) is 8.79. The van der Waals surface area contributed by atoms with E-state index in [-0.39, 0.29) is 0 Å². The van der Waals surface area contributed by atoms with Crippen LogP contribution >= 0.6 is 0 Å². The van der Waals surface area contributed by atoms with E-state index in [0.717, 1.165) is 18.3 Å². The highest BCUT2D eigenvalue weighted by Crippen LogP contribution is 2.29. The van der Waals surface area contributed by atoms with Crippen molar-refractivity contribution in [2.45, 2.75) is 64.7 Å². The van der Waals surface area contributed by atoms with Gasteiger partial charge in [-0.25, -0.2) is 0 Å². The van der Waals surface area contributed by atoms with Gasteiger partial charge in [-0.1, -0.05) is 44.8 Å². The molecular formula is C19H32N2. The molecule has 1 saturated heterocycles. The summed E-state index contributed by atoms with van der Waals surface area (Å²) in [6.07, 6.45) is 16.4. The summed E-state index contributed by atoms with van der Waals surface area (Å²) < 4.78 is 0. The highest BCUT2D eigenvalue weighted by molar-refractivity contribution is 4.97. The normalized spacial score (nSPS) is 27.6. The van der Waals surface area contributed by atoms with Gasteiger partial charge in [0, 0.05) is 13.0 Å². The predicted molar refractivity (Wildman–Crippen MR) is 88.9 cm³/mol. The molecule has 2 atom stereocenters. The molecule has 118 valence electrons. The van der Waals surface area contributed by atoms with Gasteiger partial charge in [0.2, 0.25) is 0 Å². The minimum Gasteiger partial charge on any atom is -0.303 e. The smallest absolute Gasteiger partial charge is 0.0624 e. The van der Waals surface area contributed by atoms with Crippen LogP contribution in [0.4, 0.5) is 0 Å². The molecule has 2 aliphatic rings. The molecule has 0 aromatic carbocycles. The number of likely N-dealkylation sites (tertiary alicyclic amines) is 1. The zero-order chi connectivity index (χ0) is 14.9. The van der Waals surface area contributed by atoms with Crippen LogP contribution in [-0.2, 0) is 0 Å². The average molecular weight is 288 g/mol. The molecule has 2 rings (SSSR count). The van der Waals surface area contributed by atoms with Crippen molar-refractivity contribution in [1.29, 1.82) is 5.26 Å². The first-order valence-corrected chi connectivity index (χ1v) is 9.07. The van der Waals surface area contributed by atoms with Crippen LogP contribution in [0, 0.1) is 29.1 Å². The second-order valence-corrected chi connectivity index (χ2v) is 7.13. The predicted octanol–water partition coefficient (Wildman–Crippen LogP) is 4.77. The van der Waals surface area contributed by atoms with Gasteiger partial charge in [-0.05, 0) is 56.5 Å². The lowest BCUT2D eigenvalue weighted by Crippen LogP contribution is -2.37. The summed E-state index contributed by atoms with van der Waals surface area (Å²) in [6.45, 7) is 5.95. The third kappa shape index (κ3) is 5.83. The molecule has 1 aliphatic carbocycles. The van der Waals surface area contributed by atoms with Gasteiger partial charge in [-0.2, -0.15) is 5.26 Å². The minimum absolute atomic E-state index is 0.662. The van der Waals surface area contributed by atoms with E-state index in [0.29, 0.717) is 5.92 Å². The Labute approximate surface area is 131 Å². The number of hydrogen-bond acceptors (Lipinski definition) is 2. The van der Waals surface area contributed by atoms with E-state index in [2.05, 4.69) is 30.0 Å². The van der Waals surface area contributed by atoms with Gasteiger partial charge in [0.25, 0.3) is 0 Å². The zero-order valence-electron chi connectivity index (χ0n) is 13.8. The van der Waals surface area contributed by atoms with Crippen molar-refractivity contribution in [3.8, 4) is 6.07 Å². The number of allylic oxidation sites excluding steroid dienone is 1. The molecule has 0 aromatic heterocycles. The van der Waals surface area contributed by atoms with Gasteiger partial charge >= 0.3 is 0 Å². The molecule has 0 amide bonds. The molecule has 1 aliphatic heterocycles. The van der Waals surface area contributed by atoms with E-state index in [1.807, 2.05) is 0 Å². The van der Waals surface area contributed by atoms with Crippen LogP contribution in [0.1, 0.15) is 64.7 Å². The molecular weight excluding hydrogens is 256 g/mol. The fourth-order valence-corrected chi connectivity index (χ4v) is 3.95. The third-order valence-electron chi connectivity index (χ3n) is 5.31. The van der Waals surface area contributed by atoms with Crippen molar-refractivity contribution in [3.63, 3.8) is 0 Å². The Morgan fingerprint density at radius 2 is 2.00 bits per heavy atom. The molecule has 21 heavy (non-hydrogen) atoms. The number of hydrogen-bond donors (Lipinski definition) is 0. The lowest BCUT2D eigenvalue weighted by atomic mass is 9.83. The highest BCUT2D eigenvalue weighted by atomic mass is 15.1. The molecule has 1 heterocycles. The van der Waals surface area contributed by atoms with Gasteiger partial charge in [-0.3, -0.25) is 0 Å². The van der Waals surface area contributed by atoms with Crippen molar-refractivity contribution in [3.05, 3.63) is 12.2 Å². The third-order valence-corrected chi connectivity index (χ3v) is 5.31. The first kappa shape index (κ1) is 16.6. The summed E-state index contributed by atoms with van der Waals surface area (Å²) in [6, 6.07) is 2.33. The van der Waals surface area contributed by atoms with Gasteiger partial charge < -0.3 is 4.90 Å². The van der Waals surface area contributed by atoms with Crippen molar-refractivity contribution in [2.24, 2.45) is 17.8 Å². The summed E-state index contributed by atoms with van der Waals surface area (Å²) in [7, 11) is 0. The quantitative estimate of drug-likeness (QED) is 0.498. The Morgan fingerprint density at radius 3 is 2.71 bits per heavy atom. The lowest BCUT2D eigenvalue weighted by molar-refractivity contribution is 0.161. The Bertz CT molecular complexity index is 347. The summed E-state index contributed by atoms with van der Waals surface area (Å²) >= 11 is 0. The van der Waals surface area contributed by atoms with Crippen molar-refractivity contribution in [2.75, 3.05) is 19.6 Å². The topological polar surface area (TPSA) is 27.0 Å². The molecule has 1 fully saturated rings. The maximum Gasteiger partial charge on any atom is 0.0624 e. The van der Waals surface area contributed by atoms with Crippen molar-refractivity contribution >= 4 is 0 Å². The Kier molecular flexibility index (Phi) is 7.30. The van der Waals surface area contributed by atoms with Crippen LogP contribution < -0.4 is 0 Å². The second-order valence-electron chi connectivity index (χ2n) is 7.13. The van der Waals surface area contributed by atoms with Crippen LogP contribution in [0.15, 0.2) is 12.2 Å². The summed E-state index contributed by atoms with van der Waals surface area (Å²) in [5.74, 6) is 2.37. The SMILES string of the molecule is CCCCCC1CC=CC(CN2CCC(CC#N)CC2)C1. The highest BCUT2D eigenvalue weighted by Gasteiger charge is 2.23. The zero-order valence-corrected chi connectivity index (χ0v) is 13.8. The van der Waals surface area contributed by atoms with Gasteiger partial charge in [0.1, 0.15) is 0 Å². The molecule has 0 radical (unpaired) electrons. The van der Waals surface area contributed by atoms with Crippen LogP contribution in [0.25, 0.3) is 0 Å². The summed E-state index contributed by atoms with van der Waals surface area (Å²) in [5.41, 5.74) is 0. The summed E-state index contributed by atoms with van der Waals surface area (Å²) in [4.78, 5) is 2.64. The van der Waals surface area contributed by atoms with E-state index < -0.39 is 0 Å². The fourth-order valence-electron chi connectivity index (χ4n) is 3.95. The van der Waals surface area contributed by atoms with Crippen molar-refractivity contribution in [1.82, 2.24) is 4.90 Å². The lowest BCUT2D eigenvalue weighted by Gasteiger charge is -2.34. The molecule has 0 spiro atoms. The van der Waals surface area contributed by atoms with Crippen LogP contribution in [0.2, 0.25) is 0 Å². The number of nitriles is 1. The van der Waals surface area contributed by atoms with E-state index in [9.17, 15) is 0 Å². The molecule has 0 bridgehead atoms. The Balaban J connectivity index is 1.67. The molecule has 2 heteroatoms. The van der Waals surface area contributed by atoms with Gasteiger partial charge in [0.05, 0.1) is 6.07 Å². The van der Waals surface area contributed by atoms with E-state index in [4.69, 9.17) is 5.26 Å². The molecule has 2 unspecified atom stereocenters. The number of rotatable bonds is 7. The van der Waals surface area contributed by atoms with Crippen LogP contribution in [0.3, 0.4) is 0 Å². The largest absolute Gasteiger partial charge is 0.303 e. The first-order chi connectivity index (χ1) is 10.3. The second kappa shape index (κ2) is 9.26. The monoisotopic (exact) mass is 288 g/mol. The molecule has 0 saturated carbocycles. The maximum absolute atomic E-state index is 8.79. The van der Waals surface area contributed by atoms with E-state index >= 15 is 0 Å². The van der Waals surface area contributed by atoms with E-state index in [1.165, 1.54) is 71.0 Å². The molecule has 0 N–H and O–H groups in total. The Hall–Kier alpha value is -0.810.